The minimum atomic E-state index is -1.08. The molecule has 2 nitrogen and oxygen atoms in total. The lowest BCUT2D eigenvalue weighted by atomic mass is 10.7. The second kappa shape index (κ2) is 2.64. The van der Waals surface area contributed by atoms with Gasteiger partial charge in [0.05, 0.1) is 0 Å². The van der Waals surface area contributed by atoms with Crippen molar-refractivity contribution in [3.05, 3.63) is 22.2 Å². The first-order chi connectivity index (χ1) is 4.61. The Morgan fingerprint density at radius 3 is 1.50 bits per heavy atom. The molecule has 1 heterocycles. The fraction of sp³-hybridized carbons (Fsp3) is 0. The van der Waals surface area contributed by atoms with Gasteiger partial charge in [-0.15, -0.1) is 0 Å². The molecule has 54 valence electrons. The highest BCUT2D eigenvalue weighted by Gasteiger charge is 2.08. The van der Waals surface area contributed by atoms with Gasteiger partial charge in [0.1, 0.15) is 0 Å². The van der Waals surface area contributed by atoms with Crippen molar-refractivity contribution in [3.63, 3.8) is 0 Å². The molecule has 1 rings (SSSR count). The van der Waals surface area contributed by atoms with Gasteiger partial charge in [-0.05, 0) is 0 Å². The maximum absolute atomic E-state index is 12.2. The van der Waals surface area contributed by atoms with Crippen LogP contribution in [-0.2, 0) is 0 Å². The summed E-state index contributed by atoms with van der Waals surface area (Å²) >= 11 is 10.1. The van der Waals surface area contributed by atoms with Gasteiger partial charge in [-0.1, -0.05) is 23.2 Å². The zero-order chi connectivity index (χ0) is 7.72. The zero-order valence-electron chi connectivity index (χ0n) is 4.41. The summed E-state index contributed by atoms with van der Waals surface area (Å²) in [5.41, 5.74) is 0. The lowest BCUT2D eigenvalue weighted by Gasteiger charge is -1.92. The molecule has 0 radical (unpaired) electrons. The number of hydrogen-bond donors (Lipinski definition) is 0. The monoisotopic (exact) mass is 184 g/mol. The van der Waals surface area contributed by atoms with E-state index >= 15 is 0 Å². The molecule has 0 saturated heterocycles. The van der Waals surface area contributed by atoms with E-state index in [1.165, 1.54) is 0 Å². The molecule has 0 bridgehead atoms. The first kappa shape index (κ1) is 7.63. The Labute approximate surface area is 64.8 Å². The smallest absolute Gasteiger partial charge is 0.200 e. The predicted molar refractivity (Wildman–Crippen MR) is 32.0 cm³/mol. The molecule has 6 heteroatoms. The van der Waals surface area contributed by atoms with Crippen LogP contribution in [0.3, 0.4) is 0 Å². The molecular formula is C4Cl2F2N2. The minimum absolute atomic E-state index is 0.623. The van der Waals surface area contributed by atoms with Gasteiger partial charge in [0.2, 0.25) is 0 Å². The second-order valence-electron chi connectivity index (χ2n) is 1.39. The molecule has 0 aliphatic heterocycles. The van der Waals surface area contributed by atoms with E-state index in [-0.39, 0.29) is 0 Å². The molecule has 0 unspecified atom stereocenters. The maximum Gasteiger partial charge on any atom is 0.252 e. The summed E-state index contributed by atoms with van der Waals surface area (Å²) in [6.45, 7) is 0. The third kappa shape index (κ3) is 1.33. The van der Waals surface area contributed by atoms with Gasteiger partial charge in [-0.2, -0.15) is 8.78 Å². The number of nitrogens with zero attached hydrogens (tertiary/aromatic N) is 2. The fourth-order valence-corrected chi connectivity index (χ4v) is 0.590. The average molecular weight is 185 g/mol. The number of hydrogen-bond acceptors (Lipinski definition) is 2. The number of rotatable bonds is 0. The fourth-order valence-electron chi connectivity index (χ4n) is 0.357. The van der Waals surface area contributed by atoms with Crippen molar-refractivity contribution in [3.8, 4) is 0 Å². The second-order valence-corrected chi connectivity index (χ2v) is 2.10. The highest BCUT2D eigenvalue weighted by molar-refractivity contribution is 6.31. The highest BCUT2D eigenvalue weighted by Crippen LogP contribution is 2.14. The standard InChI is InChI=1S/C4Cl2F2N2/c5-1-3(7)10-2(6)4(8)9-1. The largest absolute Gasteiger partial charge is 0.252 e. The normalized spacial score (nSPS) is 10.0. The number of aromatic nitrogens is 2. The van der Waals surface area contributed by atoms with Crippen molar-refractivity contribution < 1.29 is 8.78 Å². The molecule has 1 aromatic heterocycles. The highest BCUT2D eigenvalue weighted by atomic mass is 35.5. The third-order valence-corrected chi connectivity index (χ3v) is 1.21. The molecule has 0 aliphatic carbocycles. The Kier molecular flexibility index (Phi) is 2.01. The lowest BCUT2D eigenvalue weighted by molar-refractivity contribution is 0.529. The van der Waals surface area contributed by atoms with E-state index in [1.807, 2.05) is 0 Å². The summed E-state index contributed by atoms with van der Waals surface area (Å²) in [4.78, 5) is 5.80. The van der Waals surface area contributed by atoms with Crippen LogP contribution < -0.4 is 0 Å². The summed E-state index contributed by atoms with van der Waals surface area (Å²) in [6.07, 6.45) is 0. The van der Waals surface area contributed by atoms with E-state index in [2.05, 4.69) is 9.97 Å². The summed E-state index contributed by atoms with van der Waals surface area (Å²) in [5.74, 6) is -2.15. The van der Waals surface area contributed by atoms with E-state index in [0.717, 1.165) is 0 Å². The van der Waals surface area contributed by atoms with Crippen LogP contribution in [0.25, 0.3) is 0 Å². The molecule has 0 atom stereocenters. The summed E-state index contributed by atoms with van der Waals surface area (Å²) in [6, 6.07) is 0. The average Bonchev–Trinajstić information content (AvgIpc) is 1.84. The van der Waals surface area contributed by atoms with Gasteiger partial charge in [-0.25, -0.2) is 9.97 Å². The van der Waals surface area contributed by atoms with Gasteiger partial charge >= 0.3 is 0 Å². The van der Waals surface area contributed by atoms with E-state index in [0.29, 0.717) is 0 Å². The molecule has 0 N–H and O–H groups in total. The van der Waals surface area contributed by atoms with Crippen molar-refractivity contribution in [2.45, 2.75) is 0 Å². The minimum Gasteiger partial charge on any atom is -0.200 e. The Hall–Kier alpha value is -0.480. The summed E-state index contributed by atoms with van der Waals surface area (Å²) in [5, 5.41) is -1.25. The summed E-state index contributed by atoms with van der Waals surface area (Å²) in [7, 11) is 0. The molecule has 1 aromatic rings. The van der Waals surface area contributed by atoms with E-state index in [1.54, 1.807) is 0 Å². The van der Waals surface area contributed by atoms with Crippen LogP contribution in [0.15, 0.2) is 0 Å². The predicted octanol–water partition coefficient (Wildman–Crippen LogP) is 2.06. The molecule has 0 amide bonds. The molecule has 10 heavy (non-hydrogen) atoms. The first-order valence-corrected chi connectivity index (χ1v) is 2.91. The van der Waals surface area contributed by atoms with Crippen LogP contribution in [-0.4, -0.2) is 9.97 Å². The van der Waals surface area contributed by atoms with Crippen molar-refractivity contribution in [1.82, 2.24) is 9.97 Å². The van der Waals surface area contributed by atoms with Crippen LogP contribution in [0.1, 0.15) is 0 Å². The Balaban J connectivity index is 3.28. The zero-order valence-corrected chi connectivity index (χ0v) is 5.92. The molecule has 0 aromatic carbocycles. The van der Waals surface area contributed by atoms with Gasteiger partial charge < -0.3 is 0 Å². The molecule has 0 saturated carbocycles. The Bertz CT molecular complexity index is 215. The van der Waals surface area contributed by atoms with E-state index in [9.17, 15) is 8.78 Å². The van der Waals surface area contributed by atoms with Crippen LogP contribution >= 0.6 is 23.2 Å². The van der Waals surface area contributed by atoms with Crippen molar-refractivity contribution in [1.29, 1.82) is 0 Å². The summed E-state index contributed by atoms with van der Waals surface area (Å²) < 4.78 is 24.4. The van der Waals surface area contributed by atoms with Gasteiger partial charge in [-0.3, -0.25) is 0 Å². The SMILES string of the molecule is Fc1nc(Cl)c(F)nc1Cl. The van der Waals surface area contributed by atoms with Gasteiger partial charge in [0.25, 0.3) is 11.9 Å². The van der Waals surface area contributed by atoms with Crippen LogP contribution in [0.4, 0.5) is 8.78 Å². The Morgan fingerprint density at radius 1 is 0.900 bits per heavy atom. The van der Waals surface area contributed by atoms with Gasteiger partial charge in [0.15, 0.2) is 10.3 Å². The quantitative estimate of drug-likeness (QED) is 0.618. The van der Waals surface area contributed by atoms with Crippen molar-refractivity contribution in [2.24, 2.45) is 0 Å². The number of halogens is 4. The first-order valence-electron chi connectivity index (χ1n) is 2.15. The third-order valence-electron chi connectivity index (χ3n) is 0.733. The topological polar surface area (TPSA) is 25.8 Å². The van der Waals surface area contributed by atoms with Crippen molar-refractivity contribution >= 4 is 23.2 Å². The van der Waals surface area contributed by atoms with Crippen molar-refractivity contribution in [2.75, 3.05) is 0 Å². The lowest BCUT2D eigenvalue weighted by Crippen LogP contribution is -1.93. The molecule has 0 aliphatic rings. The van der Waals surface area contributed by atoms with Crippen LogP contribution in [0, 0.1) is 11.9 Å². The van der Waals surface area contributed by atoms with E-state index < -0.39 is 22.2 Å². The van der Waals surface area contributed by atoms with Gasteiger partial charge in [0, 0.05) is 0 Å². The van der Waals surface area contributed by atoms with Crippen LogP contribution in [0.5, 0.6) is 0 Å². The van der Waals surface area contributed by atoms with E-state index in [4.69, 9.17) is 23.2 Å². The molecule has 0 spiro atoms. The molecule has 0 fully saturated rings. The van der Waals surface area contributed by atoms with Crippen LogP contribution in [0.2, 0.25) is 10.3 Å². The maximum atomic E-state index is 12.2. The molecular weight excluding hydrogens is 185 g/mol. The Morgan fingerprint density at radius 2 is 1.20 bits per heavy atom.